The Morgan fingerprint density at radius 1 is 0.362 bits per heavy atom. The van der Waals surface area contributed by atoms with Gasteiger partial charge in [0, 0.05) is 38.4 Å². The first kappa shape index (κ1) is 27.2. The summed E-state index contributed by atoms with van der Waals surface area (Å²) < 4.78 is 9.15. The van der Waals surface area contributed by atoms with Crippen molar-refractivity contribution in [1.82, 2.24) is 28.7 Å². The van der Waals surface area contributed by atoms with Crippen molar-refractivity contribution < 1.29 is 0 Å². The van der Waals surface area contributed by atoms with Crippen LogP contribution in [0.3, 0.4) is 0 Å². The Hall–Kier alpha value is -6.18. The second-order valence-electron chi connectivity index (χ2n) is 11.3. The molecule has 0 N–H and O–H groups in total. The maximum Gasteiger partial charge on any atom is 0.164 e. The summed E-state index contributed by atoms with van der Waals surface area (Å²) in [7, 11) is 0. The zero-order chi connectivity index (χ0) is 31.2. The van der Waals surface area contributed by atoms with E-state index in [9.17, 15) is 0 Å². The Morgan fingerprint density at radius 2 is 0.957 bits per heavy atom. The molecule has 7 heteroatoms. The van der Waals surface area contributed by atoms with Crippen LogP contribution in [-0.2, 0) is 0 Å². The number of rotatable bonds is 5. The van der Waals surface area contributed by atoms with E-state index in [1.807, 2.05) is 66.7 Å². The fourth-order valence-electron chi connectivity index (χ4n) is 6.10. The van der Waals surface area contributed by atoms with Crippen molar-refractivity contribution in [2.24, 2.45) is 0 Å². The van der Waals surface area contributed by atoms with E-state index in [2.05, 4.69) is 87.6 Å². The van der Waals surface area contributed by atoms with Gasteiger partial charge in [0.2, 0.25) is 0 Å². The van der Waals surface area contributed by atoms with Gasteiger partial charge in [-0.2, -0.15) is 8.75 Å². The quantitative estimate of drug-likeness (QED) is 0.178. The van der Waals surface area contributed by atoms with Crippen molar-refractivity contribution in [3.63, 3.8) is 0 Å². The highest BCUT2D eigenvalue weighted by Crippen LogP contribution is 2.37. The van der Waals surface area contributed by atoms with E-state index < -0.39 is 0 Å². The standard InChI is InChI=1S/C40H24N6S/c1-3-10-25(11-4-1)29-14-9-15-30(24-29)40-43-38(27-12-5-2-6-13-27)42-39(44-40)28-20-18-26(19-21-28)36-32-22-23-34-37(46-47-45-34)35(32)31-16-7-8-17-33(31)41-36/h1-24H. The molecule has 9 rings (SSSR count). The average Bonchev–Trinajstić information content (AvgIpc) is 3.65. The summed E-state index contributed by atoms with van der Waals surface area (Å²) in [6, 6.07) is 49.4. The molecule has 0 saturated carbocycles. The highest BCUT2D eigenvalue weighted by Gasteiger charge is 2.17. The molecule has 0 aliphatic heterocycles. The lowest BCUT2D eigenvalue weighted by molar-refractivity contribution is 1.07. The number of fused-ring (bicyclic) bond motifs is 5. The average molecular weight is 621 g/mol. The van der Waals surface area contributed by atoms with Crippen LogP contribution < -0.4 is 0 Å². The fourth-order valence-corrected chi connectivity index (χ4v) is 6.64. The minimum absolute atomic E-state index is 0.608. The predicted octanol–water partition coefficient (Wildman–Crippen LogP) is 9.91. The van der Waals surface area contributed by atoms with Gasteiger partial charge in [-0.3, -0.25) is 0 Å². The Bertz CT molecular complexity index is 2560. The van der Waals surface area contributed by atoms with E-state index in [-0.39, 0.29) is 0 Å². The minimum Gasteiger partial charge on any atom is -0.247 e. The molecule has 0 bridgehead atoms. The first-order valence-corrected chi connectivity index (χ1v) is 16.0. The number of benzene rings is 6. The first-order valence-electron chi connectivity index (χ1n) is 15.3. The number of nitrogens with zero attached hydrogens (tertiary/aromatic N) is 6. The van der Waals surface area contributed by atoms with Crippen molar-refractivity contribution in [3.8, 4) is 56.5 Å². The van der Waals surface area contributed by atoms with E-state index in [1.165, 1.54) is 11.7 Å². The number of hydrogen-bond donors (Lipinski definition) is 0. The topological polar surface area (TPSA) is 77.3 Å². The highest BCUT2D eigenvalue weighted by atomic mass is 32.1. The summed E-state index contributed by atoms with van der Waals surface area (Å²) in [5.74, 6) is 1.86. The lowest BCUT2D eigenvalue weighted by atomic mass is 9.98. The summed E-state index contributed by atoms with van der Waals surface area (Å²) in [5, 5.41) is 3.20. The van der Waals surface area contributed by atoms with Crippen molar-refractivity contribution in [2.45, 2.75) is 0 Å². The second-order valence-corrected chi connectivity index (χ2v) is 11.8. The zero-order valence-electron chi connectivity index (χ0n) is 24.9. The number of hydrogen-bond acceptors (Lipinski definition) is 7. The third-order valence-electron chi connectivity index (χ3n) is 8.40. The molecule has 0 aliphatic carbocycles. The van der Waals surface area contributed by atoms with Gasteiger partial charge in [-0.25, -0.2) is 19.9 Å². The van der Waals surface area contributed by atoms with Gasteiger partial charge in [-0.1, -0.05) is 121 Å². The van der Waals surface area contributed by atoms with Crippen LogP contribution in [0.1, 0.15) is 0 Å². The minimum atomic E-state index is 0.608. The van der Waals surface area contributed by atoms with Crippen molar-refractivity contribution in [1.29, 1.82) is 0 Å². The van der Waals surface area contributed by atoms with Crippen LogP contribution >= 0.6 is 11.7 Å². The van der Waals surface area contributed by atoms with Gasteiger partial charge >= 0.3 is 0 Å². The highest BCUT2D eigenvalue weighted by molar-refractivity contribution is 7.00. The third-order valence-corrected chi connectivity index (χ3v) is 8.94. The number of pyridine rings is 1. The van der Waals surface area contributed by atoms with Crippen LogP contribution in [0.25, 0.3) is 89.3 Å². The van der Waals surface area contributed by atoms with Crippen LogP contribution in [0.5, 0.6) is 0 Å². The number of para-hydroxylation sites is 1. The Kier molecular flexibility index (Phi) is 6.54. The van der Waals surface area contributed by atoms with Crippen molar-refractivity contribution in [3.05, 3.63) is 146 Å². The molecule has 0 saturated heterocycles. The smallest absolute Gasteiger partial charge is 0.164 e. The van der Waals surface area contributed by atoms with E-state index in [0.29, 0.717) is 17.5 Å². The number of aromatic nitrogens is 6. The summed E-state index contributed by atoms with van der Waals surface area (Å²) in [6.45, 7) is 0. The molecule has 0 aliphatic rings. The van der Waals surface area contributed by atoms with Gasteiger partial charge in [0.25, 0.3) is 0 Å². The fraction of sp³-hybridized carbons (Fsp3) is 0. The van der Waals surface area contributed by atoms with Gasteiger partial charge in [-0.15, -0.1) is 0 Å². The molecule has 0 spiro atoms. The summed E-state index contributed by atoms with van der Waals surface area (Å²) in [5.41, 5.74) is 9.64. The monoisotopic (exact) mass is 620 g/mol. The van der Waals surface area contributed by atoms with E-state index in [1.54, 1.807) is 0 Å². The van der Waals surface area contributed by atoms with Crippen LogP contribution in [0, 0.1) is 0 Å². The van der Waals surface area contributed by atoms with Crippen molar-refractivity contribution >= 4 is 44.4 Å². The maximum atomic E-state index is 5.12. The van der Waals surface area contributed by atoms with Gasteiger partial charge in [0.1, 0.15) is 11.0 Å². The van der Waals surface area contributed by atoms with Gasteiger partial charge < -0.3 is 0 Å². The van der Waals surface area contributed by atoms with Crippen LogP contribution in [0.2, 0.25) is 0 Å². The van der Waals surface area contributed by atoms with E-state index >= 15 is 0 Å². The largest absolute Gasteiger partial charge is 0.247 e. The summed E-state index contributed by atoms with van der Waals surface area (Å²) >= 11 is 1.24. The normalized spacial score (nSPS) is 11.4. The molecular formula is C40H24N6S. The molecule has 3 aromatic heterocycles. The van der Waals surface area contributed by atoms with Crippen molar-refractivity contribution in [2.75, 3.05) is 0 Å². The van der Waals surface area contributed by atoms with Gasteiger partial charge in [-0.05, 0) is 35.4 Å². The molecule has 9 aromatic rings. The molecule has 0 atom stereocenters. The lowest BCUT2D eigenvalue weighted by Gasteiger charge is -2.12. The second kappa shape index (κ2) is 11.3. The first-order chi connectivity index (χ1) is 23.3. The van der Waals surface area contributed by atoms with Gasteiger partial charge in [0.05, 0.1) is 22.9 Å². The molecule has 3 heterocycles. The third kappa shape index (κ3) is 4.90. The van der Waals surface area contributed by atoms with Crippen LogP contribution in [-0.4, -0.2) is 28.7 Å². The van der Waals surface area contributed by atoms with E-state index in [4.69, 9.17) is 19.9 Å². The zero-order valence-corrected chi connectivity index (χ0v) is 25.8. The van der Waals surface area contributed by atoms with Crippen LogP contribution in [0.15, 0.2) is 146 Å². The lowest BCUT2D eigenvalue weighted by Crippen LogP contribution is -2.00. The molecule has 47 heavy (non-hydrogen) atoms. The molecule has 0 unspecified atom stereocenters. The SMILES string of the molecule is c1ccc(-c2cccc(-c3nc(-c4ccccc4)nc(-c4ccc(-c5nc6ccccc6c6c5ccc5nsnc56)cc4)n3)c2)cc1. The Balaban J connectivity index is 1.17. The summed E-state index contributed by atoms with van der Waals surface area (Å²) in [4.78, 5) is 20.0. The molecule has 0 fully saturated rings. The predicted molar refractivity (Wildman–Crippen MR) is 191 cm³/mol. The molecule has 6 aromatic carbocycles. The molecular weight excluding hydrogens is 597 g/mol. The molecule has 0 amide bonds. The van der Waals surface area contributed by atoms with E-state index in [0.717, 1.165) is 71.8 Å². The molecule has 6 nitrogen and oxygen atoms in total. The molecule has 220 valence electrons. The Morgan fingerprint density at radius 3 is 1.72 bits per heavy atom. The molecule has 0 radical (unpaired) electrons. The maximum absolute atomic E-state index is 5.12. The van der Waals surface area contributed by atoms with Gasteiger partial charge in [0.15, 0.2) is 17.5 Å². The Labute approximate surface area is 274 Å². The summed E-state index contributed by atoms with van der Waals surface area (Å²) in [6.07, 6.45) is 0. The van der Waals surface area contributed by atoms with Crippen LogP contribution in [0.4, 0.5) is 0 Å².